The van der Waals surface area contributed by atoms with Gasteiger partial charge in [-0.2, -0.15) is 0 Å². The van der Waals surface area contributed by atoms with E-state index in [4.69, 9.17) is 0 Å². The average molecular weight is 227 g/mol. The first-order valence-electron chi connectivity index (χ1n) is 6.30. The zero-order valence-corrected chi connectivity index (χ0v) is 11.0. The molecule has 4 nitrogen and oxygen atoms in total. The van der Waals surface area contributed by atoms with E-state index in [2.05, 4.69) is 24.2 Å². The van der Waals surface area contributed by atoms with Gasteiger partial charge in [-0.05, 0) is 40.3 Å². The SMILES string of the molecule is CCC1CN(C)CCCN1C(=O)NC(C)C. The molecule has 0 aromatic rings. The number of likely N-dealkylation sites (N-methyl/N-ethyl adjacent to an activating group) is 1. The first kappa shape index (κ1) is 13.3. The topological polar surface area (TPSA) is 35.6 Å². The molecule has 0 aromatic heterocycles. The van der Waals surface area contributed by atoms with Gasteiger partial charge in [-0.1, -0.05) is 6.92 Å². The Hall–Kier alpha value is -0.770. The van der Waals surface area contributed by atoms with Crippen LogP contribution in [0.1, 0.15) is 33.6 Å². The van der Waals surface area contributed by atoms with Crippen LogP contribution in [0.15, 0.2) is 0 Å². The Morgan fingerprint density at radius 3 is 2.69 bits per heavy atom. The molecular formula is C12H25N3O. The van der Waals surface area contributed by atoms with Crippen LogP contribution >= 0.6 is 0 Å². The van der Waals surface area contributed by atoms with Crippen LogP contribution in [0.3, 0.4) is 0 Å². The number of urea groups is 1. The summed E-state index contributed by atoms with van der Waals surface area (Å²) in [5.74, 6) is 0. The van der Waals surface area contributed by atoms with Crippen molar-refractivity contribution >= 4 is 6.03 Å². The van der Waals surface area contributed by atoms with Crippen molar-refractivity contribution in [2.24, 2.45) is 0 Å². The van der Waals surface area contributed by atoms with Crippen molar-refractivity contribution in [3.63, 3.8) is 0 Å². The third-order valence-electron chi connectivity index (χ3n) is 3.05. The third-order valence-corrected chi connectivity index (χ3v) is 3.05. The van der Waals surface area contributed by atoms with Crippen LogP contribution in [0.4, 0.5) is 4.79 Å². The quantitative estimate of drug-likeness (QED) is 0.776. The summed E-state index contributed by atoms with van der Waals surface area (Å²) in [6.45, 7) is 9.11. The molecule has 0 aromatic carbocycles. The van der Waals surface area contributed by atoms with Crippen LogP contribution < -0.4 is 5.32 Å². The number of amides is 2. The van der Waals surface area contributed by atoms with E-state index in [0.717, 1.165) is 32.5 Å². The normalized spacial score (nSPS) is 23.3. The van der Waals surface area contributed by atoms with Gasteiger partial charge in [0.05, 0.1) is 0 Å². The Kier molecular flexibility index (Phi) is 5.06. The summed E-state index contributed by atoms with van der Waals surface area (Å²) in [4.78, 5) is 16.4. The lowest BCUT2D eigenvalue weighted by atomic mass is 10.2. The molecule has 94 valence electrons. The molecule has 2 amide bonds. The van der Waals surface area contributed by atoms with Crippen LogP contribution in [-0.2, 0) is 0 Å². The van der Waals surface area contributed by atoms with Crippen LogP contribution in [0.2, 0.25) is 0 Å². The first-order chi connectivity index (χ1) is 7.54. The molecule has 1 rings (SSSR count). The number of carbonyl (C=O) groups excluding carboxylic acids is 1. The van der Waals surface area contributed by atoms with Gasteiger partial charge >= 0.3 is 6.03 Å². The van der Waals surface area contributed by atoms with Crippen molar-refractivity contribution in [2.45, 2.75) is 45.7 Å². The monoisotopic (exact) mass is 227 g/mol. The number of carbonyl (C=O) groups is 1. The maximum Gasteiger partial charge on any atom is 0.317 e. The summed E-state index contributed by atoms with van der Waals surface area (Å²) in [6.07, 6.45) is 2.09. The molecule has 1 saturated heterocycles. The molecule has 1 aliphatic heterocycles. The molecule has 0 spiro atoms. The van der Waals surface area contributed by atoms with E-state index < -0.39 is 0 Å². The minimum atomic E-state index is 0.0946. The fraction of sp³-hybridized carbons (Fsp3) is 0.917. The molecule has 0 aliphatic carbocycles. The fourth-order valence-electron chi connectivity index (χ4n) is 2.19. The van der Waals surface area contributed by atoms with Crippen LogP contribution in [-0.4, -0.2) is 54.6 Å². The molecule has 1 fully saturated rings. The van der Waals surface area contributed by atoms with Crippen molar-refractivity contribution in [2.75, 3.05) is 26.7 Å². The van der Waals surface area contributed by atoms with E-state index in [-0.39, 0.29) is 12.1 Å². The van der Waals surface area contributed by atoms with Crippen LogP contribution in [0.25, 0.3) is 0 Å². The average Bonchev–Trinajstić information content (AvgIpc) is 2.38. The third kappa shape index (κ3) is 3.67. The van der Waals surface area contributed by atoms with E-state index in [1.54, 1.807) is 0 Å². The molecule has 1 heterocycles. The van der Waals surface area contributed by atoms with Gasteiger partial charge in [-0.3, -0.25) is 0 Å². The summed E-state index contributed by atoms with van der Waals surface area (Å²) in [6, 6.07) is 0.661. The van der Waals surface area contributed by atoms with Crippen molar-refractivity contribution in [3.05, 3.63) is 0 Å². The Bertz CT molecular complexity index is 230. The maximum atomic E-state index is 12.0. The summed E-state index contributed by atoms with van der Waals surface area (Å²) in [5.41, 5.74) is 0. The highest BCUT2D eigenvalue weighted by Gasteiger charge is 2.25. The van der Waals surface area contributed by atoms with E-state index in [1.165, 1.54) is 0 Å². The summed E-state index contributed by atoms with van der Waals surface area (Å²) >= 11 is 0. The standard InChI is InChI=1S/C12H25N3O/c1-5-11-9-14(4)7-6-8-15(11)12(16)13-10(2)3/h10-11H,5-9H2,1-4H3,(H,13,16). The zero-order chi connectivity index (χ0) is 12.1. The molecule has 1 aliphatic rings. The summed E-state index contributed by atoms with van der Waals surface area (Å²) in [5, 5.41) is 2.99. The van der Waals surface area contributed by atoms with E-state index in [0.29, 0.717) is 6.04 Å². The molecule has 1 unspecified atom stereocenters. The largest absolute Gasteiger partial charge is 0.336 e. The van der Waals surface area contributed by atoms with Crippen molar-refractivity contribution in [3.8, 4) is 0 Å². The number of hydrogen-bond donors (Lipinski definition) is 1. The van der Waals surface area contributed by atoms with Gasteiger partial charge in [0.25, 0.3) is 0 Å². The number of nitrogens with one attached hydrogen (secondary N) is 1. The zero-order valence-electron chi connectivity index (χ0n) is 11.0. The molecule has 16 heavy (non-hydrogen) atoms. The minimum absolute atomic E-state index is 0.0946. The Balaban J connectivity index is 2.63. The predicted molar refractivity (Wildman–Crippen MR) is 66.6 cm³/mol. The van der Waals surface area contributed by atoms with Crippen LogP contribution in [0, 0.1) is 0 Å². The summed E-state index contributed by atoms with van der Waals surface area (Å²) < 4.78 is 0. The Morgan fingerprint density at radius 2 is 2.12 bits per heavy atom. The minimum Gasteiger partial charge on any atom is -0.336 e. The molecule has 1 N–H and O–H groups in total. The van der Waals surface area contributed by atoms with Gasteiger partial charge in [0.2, 0.25) is 0 Å². The van der Waals surface area contributed by atoms with E-state index in [1.807, 2.05) is 18.7 Å². The first-order valence-corrected chi connectivity index (χ1v) is 6.30. The van der Waals surface area contributed by atoms with Crippen molar-refractivity contribution < 1.29 is 4.79 Å². The van der Waals surface area contributed by atoms with Gasteiger partial charge in [0.1, 0.15) is 0 Å². The second kappa shape index (κ2) is 6.09. The molecule has 0 saturated carbocycles. The second-order valence-electron chi connectivity index (χ2n) is 4.98. The molecule has 1 atom stereocenters. The van der Waals surface area contributed by atoms with Crippen molar-refractivity contribution in [1.82, 2.24) is 15.1 Å². The lowest BCUT2D eigenvalue weighted by molar-refractivity contribution is 0.167. The molecule has 0 radical (unpaired) electrons. The molecular weight excluding hydrogens is 202 g/mol. The van der Waals surface area contributed by atoms with Gasteiger partial charge in [-0.25, -0.2) is 4.79 Å². The maximum absolute atomic E-state index is 12.0. The summed E-state index contributed by atoms with van der Waals surface area (Å²) in [7, 11) is 2.13. The fourth-order valence-corrected chi connectivity index (χ4v) is 2.19. The Morgan fingerprint density at radius 1 is 1.44 bits per heavy atom. The van der Waals surface area contributed by atoms with Crippen molar-refractivity contribution in [1.29, 1.82) is 0 Å². The highest BCUT2D eigenvalue weighted by Crippen LogP contribution is 2.12. The lowest BCUT2D eigenvalue weighted by Crippen LogP contribution is -2.49. The highest BCUT2D eigenvalue weighted by molar-refractivity contribution is 5.74. The number of nitrogens with zero attached hydrogens (tertiary/aromatic N) is 2. The second-order valence-corrected chi connectivity index (χ2v) is 4.98. The van der Waals surface area contributed by atoms with E-state index >= 15 is 0 Å². The van der Waals surface area contributed by atoms with Gasteiger partial charge in [0, 0.05) is 25.2 Å². The smallest absolute Gasteiger partial charge is 0.317 e. The highest BCUT2D eigenvalue weighted by atomic mass is 16.2. The van der Waals surface area contributed by atoms with Gasteiger partial charge < -0.3 is 15.1 Å². The van der Waals surface area contributed by atoms with E-state index in [9.17, 15) is 4.79 Å². The van der Waals surface area contributed by atoms with Crippen LogP contribution in [0.5, 0.6) is 0 Å². The van der Waals surface area contributed by atoms with Gasteiger partial charge in [-0.15, -0.1) is 0 Å². The molecule has 4 heteroatoms. The van der Waals surface area contributed by atoms with Gasteiger partial charge in [0.15, 0.2) is 0 Å². The number of rotatable bonds is 2. The Labute approximate surface area is 99.0 Å². The predicted octanol–water partition coefficient (Wildman–Crippen LogP) is 1.52. The number of hydrogen-bond acceptors (Lipinski definition) is 2. The lowest BCUT2D eigenvalue weighted by Gasteiger charge is -2.31. The molecule has 0 bridgehead atoms.